The number of nitrogens with one attached hydrogen (secondary N) is 1. The minimum absolute atomic E-state index is 0.0693. The zero-order valence-corrected chi connectivity index (χ0v) is 14.5. The number of rotatable bonds is 6. The zero-order valence-electron chi connectivity index (χ0n) is 12.1. The Bertz CT molecular complexity index is 583. The van der Waals surface area contributed by atoms with Gasteiger partial charge in [-0.25, -0.2) is 8.42 Å². The molecule has 1 aliphatic rings. The largest absolute Gasteiger partial charge is 0.310 e. The van der Waals surface area contributed by atoms with Gasteiger partial charge in [-0.15, -0.1) is 0 Å². The van der Waals surface area contributed by atoms with Gasteiger partial charge < -0.3 is 5.32 Å². The molecular weight excluding hydrogens is 340 g/mol. The van der Waals surface area contributed by atoms with Crippen molar-refractivity contribution in [2.75, 3.05) is 7.05 Å². The van der Waals surface area contributed by atoms with Crippen LogP contribution in [0.3, 0.4) is 0 Å². The van der Waals surface area contributed by atoms with Gasteiger partial charge >= 0.3 is 0 Å². The summed E-state index contributed by atoms with van der Waals surface area (Å²) in [5.74, 6) is 0. The van der Waals surface area contributed by atoms with E-state index in [1.54, 1.807) is 13.1 Å². The fourth-order valence-electron chi connectivity index (χ4n) is 1.84. The van der Waals surface area contributed by atoms with Gasteiger partial charge in [0.15, 0.2) is 0 Å². The highest BCUT2D eigenvalue weighted by Gasteiger charge is 2.26. The van der Waals surface area contributed by atoms with Crippen LogP contribution in [0.4, 0.5) is 0 Å². The quantitative estimate of drug-likeness (QED) is 0.848. The smallest absolute Gasteiger partial charge is 0.244 e. The van der Waals surface area contributed by atoms with Crippen LogP contribution in [0.25, 0.3) is 0 Å². The second-order valence-corrected chi connectivity index (χ2v) is 8.36. The van der Waals surface area contributed by atoms with E-state index >= 15 is 0 Å². The molecule has 0 aromatic heterocycles. The first kappa shape index (κ1) is 15.9. The molecule has 112 valence electrons. The molecule has 20 heavy (non-hydrogen) atoms. The van der Waals surface area contributed by atoms with Crippen molar-refractivity contribution in [3.63, 3.8) is 0 Å². The van der Waals surface area contributed by atoms with Crippen LogP contribution < -0.4 is 5.32 Å². The van der Waals surface area contributed by atoms with Gasteiger partial charge in [0, 0.05) is 30.1 Å². The van der Waals surface area contributed by atoms with E-state index in [4.69, 9.17) is 0 Å². The van der Waals surface area contributed by atoms with E-state index < -0.39 is 10.0 Å². The minimum atomic E-state index is -3.46. The Morgan fingerprint density at radius 1 is 1.40 bits per heavy atom. The first-order valence-electron chi connectivity index (χ1n) is 6.82. The third-order valence-corrected chi connectivity index (χ3v) is 6.58. The van der Waals surface area contributed by atoms with Crippen LogP contribution in [-0.2, 0) is 16.6 Å². The molecule has 0 atom stereocenters. The Kier molecular flexibility index (Phi) is 4.89. The lowest BCUT2D eigenvalue weighted by Gasteiger charge is -2.22. The van der Waals surface area contributed by atoms with Gasteiger partial charge in [0.25, 0.3) is 0 Å². The molecule has 0 aliphatic heterocycles. The molecule has 6 heteroatoms. The summed E-state index contributed by atoms with van der Waals surface area (Å²) in [7, 11) is -1.84. The molecule has 1 saturated carbocycles. The Balaban J connectivity index is 2.26. The van der Waals surface area contributed by atoms with Crippen LogP contribution >= 0.6 is 15.9 Å². The maximum absolute atomic E-state index is 12.6. The van der Waals surface area contributed by atoms with Crippen molar-refractivity contribution in [1.82, 2.24) is 9.62 Å². The normalized spacial score (nSPS) is 16.1. The van der Waals surface area contributed by atoms with E-state index in [2.05, 4.69) is 21.2 Å². The first-order valence-corrected chi connectivity index (χ1v) is 9.05. The third kappa shape index (κ3) is 3.61. The number of hydrogen-bond acceptors (Lipinski definition) is 3. The molecule has 4 nitrogen and oxygen atoms in total. The number of benzene rings is 1. The van der Waals surface area contributed by atoms with Crippen molar-refractivity contribution < 1.29 is 8.42 Å². The predicted molar refractivity (Wildman–Crippen MR) is 84.1 cm³/mol. The fourth-order valence-corrected chi connectivity index (χ4v) is 4.18. The Labute approximate surface area is 129 Å². The highest BCUT2D eigenvalue weighted by atomic mass is 79.9. The summed E-state index contributed by atoms with van der Waals surface area (Å²) in [6, 6.07) is 6.06. The zero-order chi connectivity index (χ0) is 14.9. The Hall–Kier alpha value is -0.430. The summed E-state index contributed by atoms with van der Waals surface area (Å²) in [6.07, 6.45) is 2.44. The molecule has 0 heterocycles. The van der Waals surface area contributed by atoms with Gasteiger partial charge in [-0.3, -0.25) is 0 Å². The lowest BCUT2D eigenvalue weighted by atomic mass is 10.2. The monoisotopic (exact) mass is 360 g/mol. The van der Waals surface area contributed by atoms with E-state index in [1.807, 2.05) is 26.0 Å². The van der Waals surface area contributed by atoms with Crippen LogP contribution in [0.1, 0.15) is 32.3 Å². The number of sulfonamides is 1. The SMILES string of the molecule is CC(C)N(C)S(=O)(=O)c1cc(CNC2CC2)ccc1Br. The van der Waals surface area contributed by atoms with Gasteiger partial charge in [0.05, 0.1) is 4.90 Å². The van der Waals surface area contributed by atoms with Crippen LogP contribution in [0.5, 0.6) is 0 Å². The van der Waals surface area contributed by atoms with Crippen molar-refractivity contribution in [1.29, 1.82) is 0 Å². The van der Waals surface area contributed by atoms with E-state index in [0.717, 1.165) is 5.56 Å². The van der Waals surface area contributed by atoms with Crippen molar-refractivity contribution in [2.24, 2.45) is 0 Å². The summed E-state index contributed by atoms with van der Waals surface area (Å²) >= 11 is 3.35. The number of nitrogens with zero attached hydrogens (tertiary/aromatic N) is 1. The van der Waals surface area contributed by atoms with Gasteiger partial charge in [0.2, 0.25) is 10.0 Å². The average Bonchev–Trinajstić information content (AvgIpc) is 3.20. The van der Waals surface area contributed by atoms with Gasteiger partial charge in [-0.05, 0) is 60.3 Å². The van der Waals surface area contributed by atoms with Crippen LogP contribution in [0, 0.1) is 0 Å². The molecule has 0 saturated heterocycles. The summed E-state index contributed by atoms with van der Waals surface area (Å²) in [6.45, 7) is 4.44. The second kappa shape index (κ2) is 6.13. The van der Waals surface area contributed by atoms with Crippen LogP contribution in [-0.4, -0.2) is 31.9 Å². The molecule has 0 bridgehead atoms. The molecule has 2 rings (SSSR count). The topological polar surface area (TPSA) is 49.4 Å². The molecule has 1 aromatic carbocycles. The van der Waals surface area contributed by atoms with Crippen molar-refractivity contribution in [2.45, 2.75) is 50.2 Å². The van der Waals surface area contributed by atoms with Crippen LogP contribution in [0.2, 0.25) is 0 Å². The molecule has 0 amide bonds. The molecule has 1 fully saturated rings. The van der Waals surface area contributed by atoms with E-state index in [-0.39, 0.29) is 6.04 Å². The van der Waals surface area contributed by atoms with Gasteiger partial charge in [0.1, 0.15) is 0 Å². The lowest BCUT2D eigenvalue weighted by Crippen LogP contribution is -2.33. The fraction of sp³-hybridized carbons (Fsp3) is 0.571. The van der Waals surface area contributed by atoms with Crippen molar-refractivity contribution in [3.8, 4) is 0 Å². The molecule has 0 radical (unpaired) electrons. The lowest BCUT2D eigenvalue weighted by molar-refractivity contribution is 0.410. The Morgan fingerprint density at radius 3 is 2.60 bits per heavy atom. The van der Waals surface area contributed by atoms with E-state index in [1.165, 1.54) is 17.1 Å². The summed E-state index contributed by atoms with van der Waals surface area (Å²) in [5, 5.41) is 3.40. The van der Waals surface area contributed by atoms with Gasteiger partial charge in [-0.1, -0.05) is 6.07 Å². The maximum atomic E-state index is 12.6. The standard InChI is InChI=1S/C14H21BrN2O2S/c1-10(2)17(3)20(18,19)14-8-11(4-7-13(14)15)9-16-12-5-6-12/h4,7-8,10,12,16H,5-6,9H2,1-3H3. The van der Waals surface area contributed by atoms with Gasteiger partial charge in [-0.2, -0.15) is 4.31 Å². The van der Waals surface area contributed by atoms with Crippen molar-refractivity contribution in [3.05, 3.63) is 28.2 Å². The second-order valence-electron chi connectivity index (χ2n) is 5.53. The summed E-state index contributed by atoms with van der Waals surface area (Å²) < 4.78 is 27.2. The summed E-state index contributed by atoms with van der Waals surface area (Å²) in [5.41, 5.74) is 0.996. The van der Waals surface area contributed by atoms with E-state index in [9.17, 15) is 8.42 Å². The molecule has 0 unspecified atom stereocenters. The first-order chi connectivity index (χ1) is 9.32. The molecule has 0 spiro atoms. The number of hydrogen-bond donors (Lipinski definition) is 1. The van der Waals surface area contributed by atoms with Crippen LogP contribution in [0.15, 0.2) is 27.6 Å². The Morgan fingerprint density at radius 2 is 2.05 bits per heavy atom. The average molecular weight is 361 g/mol. The highest BCUT2D eigenvalue weighted by Crippen LogP contribution is 2.27. The number of halogens is 1. The molecule has 1 aromatic rings. The summed E-state index contributed by atoms with van der Waals surface area (Å²) in [4.78, 5) is 0.337. The molecule has 1 aliphatic carbocycles. The molecule has 1 N–H and O–H groups in total. The van der Waals surface area contributed by atoms with E-state index in [0.29, 0.717) is 22.0 Å². The predicted octanol–water partition coefficient (Wildman–Crippen LogP) is 2.73. The maximum Gasteiger partial charge on any atom is 0.244 e. The highest BCUT2D eigenvalue weighted by molar-refractivity contribution is 9.10. The third-order valence-electron chi connectivity index (χ3n) is 3.55. The molecular formula is C14H21BrN2O2S. The van der Waals surface area contributed by atoms with Crippen molar-refractivity contribution >= 4 is 26.0 Å². The minimum Gasteiger partial charge on any atom is -0.310 e.